The molecule has 1 saturated carbocycles. The van der Waals surface area contributed by atoms with Gasteiger partial charge in [0.05, 0.1) is 42.6 Å². The van der Waals surface area contributed by atoms with Crippen molar-refractivity contribution < 1.29 is 18.8 Å². The van der Waals surface area contributed by atoms with E-state index in [1.807, 2.05) is 26.1 Å². The summed E-state index contributed by atoms with van der Waals surface area (Å²) < 4.78 is 18.3. The fourth-order valence-corrected chi connectivity index (χ4v) is 4.42. The van der Waals surface area contributed by atoms with Crippen molar-refractivity contribution in [3.8, 4) is 17.1 Å². The third-order valence-electron chi connectivity index (χ3n) is 6.45. The van der Waals surface area contributed by atoms with Gasteiger partial charge in [0.1, 0.15) is 11.4 Å². The number of pyridine rings is 1. The number of carbonyl (C=O) groups excluding carboxylic acids is 1. The Labute approximate surface area is 205 Å². The van der Waals surface area contributed by atoms with Crippen LogP contribution in [0.1, 0.15) is 69.1 Å². The topological polar surface area (TPSA) is 118 Å². The first-order valence-corrected chi connectivity index (χ1v) is 12.3. The van der Waals surface area contributed by atoms with Crippen molar-refractivity contribution in [2.75, 3.05) is 7.11 Å². The van der Waals surface area contributed by atoms with E-state index in [0.29, 0.717) is 41.8 Å². The van der Waals surface area contributed by atoms with Gasteiger partial charge >= 0.3 is 5.97 Å². The molecule has 0 N–H and O–H groups in total. The maximum absolute atomic E-state index is 11.9. The first-order chi connectivity index (χ1) is 16.8. The summed E-state index contributed by atoms with van der Waals surface area (Å²) in [6, 6.07) is 3.80. The van der Waals surface area contributed by atoms with E-state index in [1.165, 1.54) is 7.11 Å². The van der Waals surface area contributed by atoms with Crippen molar-refractivity contribution in [3.05, 3.63) is 35.2 Å². The van der Waals surface area contributed by atoms with Crippen LogP contribution in [-0.4, -0.2) is 49.3 Å². The van der Waals surface area contributed by atoms with Gasteiger partial charge in [0, 0.05) is 13.5 Å². The summed E-state index contributed by atoms with van der Waals surface area (Å²) in [5.74, 6) is 2.28. The maximum Gasteiger partial charge on any atom is 0.308 e. The van der Waals surface area contributed by atoms with E-state index in [4.69, 9.17) is 19.0 Å². The third-order valence-corrected chi connectivity index (χ3v) is 6.45. The molecule has 188 valence electrons. The summed E-state index contributed by atoms with van der Waals surface area (Å²) in [6.07, 6.45) is 5.54. The van der Waals surface area contributed by atoms with Crippen molar-refractivity contribution >= 4 is 5.97 Å². The maximum atomic E-state index is 11.9. The molecular weight excluding hydrogens is 448 g/mol. The molecule has 0 aliphatic heterocycles. The van der Waals surface area contributed by atoms with Crippen LogP contribution in [0, 0.1) is 18.8 Å². The van der Waals surface area contributed by atoms with Crippen molar-refractivity contribution in [2.24, 2.45) is 18.9 Å². The van der Waals surface area contributed by atoms with Crippen molar-refractivity contribution in [3.63, 3.8) is 0 Å². The predicted molar refractivity (Wildman–Crippen MR) is 128 cm³/mol. The van der Waals surface area contributed by atoms with Crippen LogP contribution in [0.25, 0.3) is 11.4 Å². The second kappa shape index (κ2) is 11.0. The number of aromatic nitrogens is 6. The summed E-state index contributed by atoms with van der Waals surface area (Å²) >= 11 is 0. The molecule has 1 fully saturated rings. The van der Waals surface area contributed by atoms with E-state index in [2.05, 4.69) is 34.3 Å². The standard InChI is InChI=1S/C25H34N6O4/c1-15(2)9-12-22-27-23(35-29-22)14-20-24(28-30-31(20)4)19-10-11-21(16(3)26-19)34-18-8-6-7-17(13-18)25(32)33-5/h10-11,15,17-18H,6-9,12-14H2,1-5H3/t17-,18-/m0/s1. The van der Waals surface area contributed by atoms with Crippen LogP contribution in [0.5, 0.6) is 5.75 Å². The monoisotopic (exact) mass is 482 g/mol. The zero-order valence-corrected chi connectivity index (χ0v) is 21.2. The first-order valence-electron chi connectivity index (χ1n) is 12.3. The average Bonchev–Trinajstić information content (AvgIpc) is 3.45. The largest absolute Gasteiger partial charge is 0.489 e. The SMILES string of the molecule is COC(=O)[C@H]1CCC[C@H](Oc2ccc(-c3nnn(C)c3Cc3nc(CCC(C)C)no3)nc2C)C1. The first kappa shape index (κ1) is 24.8. The molecule has 0 spiro atoms. The fourth-order valence-electron chi connectivity index (χ4n) is 4.42. The Kier molecular flexibility index (Phi) is 7.77. The zero-order valence-electron chi connectivity index (χ0n) is 21.2. The summed E-state index contributed by atoms with van der Waals surface area (Å²) in [5.41, 5.74) is 2.98. The molecule has 2 atom stereocenters. The normalized spacial score (nSPS) is 18.1. The zero-order chi connectivity index (χ0) is 24.9. The second-order valence-electron chi connectivity index (χ2n) is 9.63. The number of rotatable bonds is 9. The van der Waals surface area contributed by atoms with Gasteiger partial charge in [-0.2, -0.15) is 4.98 Å². The second-order valence-corrected chi connectivity index (χ2v) is 9.63. The predicted octanol–water partition coefficient (Wildman–Crippen LogP) is 3.86. The summed E-state index contributed by atoms with van der Waals surface area (Å²) in [7, 11) is 3.28. The summed E-state index contributed by atoms with van der Waals surface area (Å²) in [6.45, 7) is 6.26. The van der Waals surface area contributed by atoms with E-state index >= 15 is 0 Å². The molecule has 10 nitrogen and oxygen atoms in total. The van der Waals surface area contributed by atoms with Crippen LogP contribution in [-0.2, 0) is 29.4 Å². The van der Waals surface area contributed by atoms with Gasteiger partial charge in [-0.05, 0) is 57.1 Å². The smallest absolute Gasteiger partial charge is 0.308 e. The van der Waals surface area contributed by atoms with Gasteiger partial charge in [-0.15, -0.1) is 5.10 Å². The van der Waals surface area contributed by atoms with Crippen LogP contribution >= 0.6 is 0 Å². The van der Waals surface area contributed by atoms with Gasteiger partial charge in [0.15, 0.2) is 5.82 Å². The number of hydrogen-bond donors (Lipinski definition) is 0. The van der Waals surface area contributed by atoms with Gasteiger partial charge in [-0.3, -0.25) is 9.48 Å². The molecule has 0 bridgehead atoms. The molecule has 4 rings (SSSR count). The highest BCUT2D eigenvalue weighted by Gasteiger charge is 2.29. The van der Waals surface area contributed by atoms with Crippen molar-refractivity contribution in [1.29, 1.82) is 0 Å². The molecule has 0 radical (unpaired) electrons. The highest BCUT2D eigenvalue weighted by molar-refractivity contribution is 5.72. The molecule has 1 aliphatic carbocycles. The highest BCUT2D eigenvalue weighted by atomic mass is 16.5. The Bertz CT molecular complexity index is 1150. The number of esters is 1. The minimum Gasteiger partial charge on any atom is -0.489 e. The van der Waals surface area contributed by atoms with Gasteiger partial charge in [0.2, 0.25) is 5.89 Å². The van der Waals surface area contributed by atoms with Crippen molar-refractivity contribution in [2.45, 2.75) is 71.8 Å². The van der Waals surface area contributed by atoms with E-state index in [9.17, 15) is 4.79 Å². The van der Waals surface area contributed by atoms with Gasteiger partial charge in [-0.25, -0.2) is 4.98 Å². The molecule has 3 heterocycles. The van der Waals surface area contributed by atoms with Gasteiger partial charge in [-0.1, -0.05) is 24.2 Å². The lowest BCUT2D eigenvalue weighted by Crippen LogP contribution is -2.30. The highest BCUT2D eigenvalue weighted by Crippen LogP contribution is 2.31. The number of ether oxygens (including phenoxy) is 2. The minimum absolute atomic E-state index is 0.0336. The van der Waals surface area contributed by atoms with E-state index < -0.39 is 0 Å². The third kappa shape index (κ3) is 6.04. The van der Waals surface area contributed by atoms with E-state index in [-0.39, 0.29) is 18.0 Å². The van der Waals surface area contributed by atoms with Crippen LogP contribution in [0.2, 0.25) is 0 Å². The Hall–Kier alpha value is -3.30. The molecule has 0 amide bonds. The Morgan fingerprint density at radius 1 is 1.26 bits per heavy atom. The number of aryl methyl sites for hydroxylation is 3. The quantitative estimate of drug-likeness (QED) is 0.419. The number of nitrogens with zero attached hydrogens (tertiary/aromatic N) is 6. The number of hydrogen-bond acceptors (Lipinski definition) is 9. The minimum atomic E-state index is -0.160. The fraction of sp³-hybridized carbons (Fsp3) is 0.600. The lowest BCUT2D eigenvalue weighted by atomic mass is 9.87. The van der Waals surface area contributed by atoms with Gasteiger partial charge in [0.25, 0.3) is 0 Å². The molecule has 0 saturated heterocycles. The number of methoxy groups -OCH3 is 1. The molecule has 35 heavy (non-hydrogen) atoms. The average molecular weight is 483 g/mol. The van der Waals surface area contributed by atoms with Gasteiger partial charge < -0.3 is 14.0 Å². The van der Waals surface area contributed by atoms with Crippen molar-refractivity contribution in [1.82, 2.24) is 30.1 Å². The number of carbonyl (C=O) groups is 1. The van der Waals surface area contributed by atoms with E-state index in [1.54, 1.807) is 4.68 Å². The molecule has 0 aromatic carbocycles. The Morgan fingerprint density at radius 2 is 2.09 bits per heavy atom. The molecule has 0 unspecified atom stereocenters. The lowest BCUT2D eigenvalue weighted by Gasteiger charge is -2.28. The van der Waals surface area contributed by atoms with Crippen LogP contribution in [0.3, 0.4) is 0 Å². The summed E-state index contributed by atoms with van der Waals surface area (Å²) in [4.78, 5) is 21.2. The summed E-state index contributed by atoms with van der Waals surface area (Å²) in [5, 5.41) is 12.6. The Morgan fingerprint density at radius 3 is 2.83 bits per heavy atom. The molecular formula is C25H34N6O4. The van der Waals surface area contributed by atoms with E-state index in [0.717, 1.165) is 49.3 Å². The van der Waals surface area contributed by atoms with Crippen LogP contribution in [0.15, 0.2) is 16.7 Å². The molecule has 10 heteroatoms. The van der Waals surface area contributed by atoms with Crippen LogP contribution in [0.4, 0.5) is 0 Å². The van der Waals surface area contributed by atoms with Crippen LogP contribution < -0.4 is 4.74 Å². The molecule has 3 aromatic heterocycles. The lowest BCUT2D eigenvalue weighted by molar-refractivity contribution is -0.147. The molecule has 1 aliphatic rings. The molecule has 3 aromatic rings. The Balaban J connectivity index is 1.47.